The first-order valence-corrected chi connectivity index (χ1v) is 9.80. The number of halogens is 2. The number of pyridine rings is 1. The number of carbonyl (C=O) groups excluding carboxylic acids is 1. The van der Waals surface area contributed by atoms with Crippen LogP contribution >= 0.6 is 35.6 Å². The zero-order valence-corrected chi connectivity index (χ0v) is 20.2. The van der Waals surface area contributed by atoms with E-state index in [4.69, 9.17) is 11.6 Å². The average molecular weight is 530 g/mol. The standard InChI is InChI=1S/C21H28ClN5O.HI/c1-4-23-21(25-13-11-17-8-9-19(22)26-15-17)24-12-10-16-6-5-7-18(14-16)20(28)27(2)3;/h5-9,14-15H,4,10-13H2,1-3H3,(H2,23,24,25);1H. The fourth-order valence-electron chi connectivity index (χ4n) is 2.64. The van der Waals surface area contributed by atoms with Crippen molar-refractivity contribution in [2.45, 2.75) is 19.8 Å². The Bertz CT molecular complexity index is 796. The van der Waals surface area contributed by atoms with Crippen molar-refractivity contribution in [2.75, 3.05) is 33.7 Å². The second-order valence-corrected chi connectivity index (χ2v) is 6.96. The van der Waals surface area contributed by atoms with Gasteiger partial charge in [0, 0.05) is 45.5 Å². The number of hydrogen-bond donors (Lipinski definition) is 2. The lowest BCUT2D eigenvalue weighted by atomic mass is 10.1. The van der Waals surface area contributed by atoms with Gasteiger partial charge in [0.15, 0.2) is 5.96 Å². The van der Waals surface area contributed by atoms with Gasteiger partial charge in [0.05, 0.1) is 0 Å². The number of nitrogens with zero attached hydrogens (tertiary/aromatic N) is 3. The lowest BCUT2D eigenvalue weighted by Crippen LogP contribution is -2.38. The largest absolute Gasteiger partial charge is 0.357 e. The Labute approximate surface area is 195 Å². The Morgan fingerprint density at radius 3 is 2.59 bits per heavy atom. The fourth-order valence-corrected chi connectivity index (χ4v) is 2.75. The molecule has 8 heteroatoms. The Balaban J connectivity index is 0.00000420. The Morgan fingerprint density at radius 1 is 1.14 bits per heavy atom. The molecule has 0 radical (unpaired) electrons. The number of amides is 1. The van der Waals surface area contributed by atoms with Gasteiger partial charge in [-0.15, -0.1) is 24.0 Å². The number of rotatable bonds is 8. The van der Waals surface area contributed by atoms with Crippen molar-refractivity contribution >= 4 is 47.4 Å². The molecule has 29 heavy (non-hydrogen) atoms. The Kier molecular flexibility index (Phi) is 11.6. The molecule has 158 valence electrons. The van der Waals surface area contributed by atoms with E-state index in [0.29, 0.717) is 17.3 Å². The second-order valence-electron chi connectivity index (χ2n) is 6.58. The lowest BCUT2D eigenvalue weighted by molar-refractivity contribution is 0.0827. The van der Waals surface area contributed by atoms with Gasteiger partial charge in [-0.05, 0) is 49.1 Å². The molecule has 2 rings (SSSR count). The number of guanidine groups is 1. The van der Waals surface area contributed by atoms with Gasteiger partial charge in [0.25, 0.3) is 5.91 Å². The molecule has 0 saturated heterocycles. The van der Waals surface area contributed by atoms with Gasteiger partial charge < -0.3 is 15.5 Å². The third kappa shape index (κ3) is 8.99. The summed E-state index contributed by atoms with van der Waals surface area (Å²) in [7, 11) is 3.52. The molecule has 1 amide bonds. The van der Waals surface area contributed by atoms with Gasteiger partial charge in [0.2, 0.25) is 0 Å². The van der Waals surface area contributed by atoms with E-state index in [-0.39, 0.29) is 29.9 Å². The molecule has 0 bridgehead atoms. The van der Waals surface area contributed by atoms with E-state index < -0.39 is 0 Å². The van der Waals surface area contributed by atoms with Crippen LogP contribution in [0, 0.1) is 0 Å². The minimum Gasteiger partial charge on any atom is -0.357 e. The van der Waals surface area contributed by atoms with Crippen LogP contribution in [0.3, 0.4) is 0 Å². The smallest absolute Gasteiger partial charge is 0.253 e. The number of aliphatic imine (C=N–C) groups is 1. The highest BCUT2D eigenvalue weighted by Crippen LogP contribution is 2.08. The van der Waals surface area contributed by atoms with Crippen LogP contribution in [0.2, 0.25) is 5.15 Å². The second kappa shape index (κ2) is 13.4. The van der Waals surface area contributed by atoms with Crippen LogP contribution in [0.25, 0.3) is 0 Å². The van der Waals surface area contributed by atoms with Crippen LogP contribution in [0.5, 0.6) is 0 Å². The summed E-state index contributed by atoms with van der Waals surface area (Å²) in [5.41, 5.74) is 2.92. The molecule has 0 saturated carbocycles. The molecular formula is C21H29ClIN5O. The van der Waals surface area contributed by atoms with Crippen LogP contribution in [-0.4, -0.2) is 55.5 Å². The molecule has 0 spiro atoms. The maximum absolute atomic E-state index is 12.1. The summed E-state index contributed by atoms with van der Waals surface area (Å²) in [6.45, 7) is 4.22. The maximum Gasteiger partial charge on any atom is 0.253 e. The van der Waals surface area contributed by atoms with E-state index in [2.05, 4.69) is 20.6 Å². The van der Waals surface area contributed by atoms with E-state index >= 15 is 0 Å². The summed E-state index contributed by atoms with van der Waals surface area (Å²) in [5, 5.41) is 7.08. The zero-order valence-electron chi connectivity index (χ0n) is 17.1. The molecular weight excluding hydrogens is 501 g/mol. The summed E-state index contributed by atoms with van der Waals surface area (Å²) in [4.78, 5) is 22.4. The van der Waals surface area contributed by atoms with Gasteiger partial charge in [-0.25, -0.2) is 4.98 Å². The van der Waals surface area contributed by atoms with Crippen molar-refractivity contribution < 1.29 is 4.79 Å². The highest BCUT2D eigenvalue weighted by atomic mass is 127. The molecule has 0 aliphatic heterocycles. The first-order chi connectivity index (χ1) is 13.5. The normalized spacial score (nSPS) is 10.8. The summed E-state index contributed by atoms with van der Waals surface area (Å²) in [5.74, 6) is 0.794. The molecule has 0 fully saturated rings. The van der Waals surface area contributed by atoms with E-state index in [1.807, 2.05) is 37.3 Å². The van der Waals surface area contributed by atoms with Crippen LogP contribution in [0.1, 0.15) is 28.4 Å². The van der Waals surface area contributed by atoms with Gasteiger partial charge in [-0.2, -0.15) is 0 Å². The van der Waals surface area contributed by atoms with Crippen molar-refractivity contribution in [1.82, 2.24) is 20.5 Å². The van der Waals surface area contributed by atoms with Crippen LogP contribution in [-0.2, 0) is 12.8 Å². The number of nitrogens with one attached hydrogen (secondary N) is 2. The summed E-state index contributed by atoms with van der Waals surface area (Å²) in [6, 6.07) is 11.5. The number of aromatic nitrogens is 1. The van der Waals surface area contributed by atoms with E-state index in [0.717, 1.165) is 43.0 Å². The highest BCUT2D eigenvalue weighted by molar-refractivity contribution is 14.0. The molecule has 6 nitrogen and oxygen atoms in total. The van der Waals surface area contributed by atoms with Crippen molar-refractivity contribution in [3.63, 3.8) is 0 Å². The quantitative estimate of drug-likeness (QED) is 0.238. The average Bonchev–Trinajstić information content (AvgIpc) is 2.69. The van der Waals surface area contributed by atoms with Gasteiger partial charge in [-0.3, -0.25) is 9.79 Å². The van der Waals surface area contributed by atoms with Gasteiger partial charge in [-0.1, -0.05) is 29.8 Å². The molecule has 0 unspecified atom stereocenters. The first-order valence-electron chi connectivity index (χ1n) is 9.42. The minimum absolute atomic E-state index is 0. The molecule has 1 heterocycles. The van der Waals surface area contributed by atoms with Crippen LogP contribution < -0.4 is 10.6 Å². The molecule has 0 aliphatic rings. The van der Waals surface area contributed by atoms with Crippen LogP contribution in [0.15, 0.2) is 47.6 Å². The summed E-state index contributed by atoms with van der Waals surface area (Å²) >= 11 is 5.81. The fraction of sp³-hybridized carbons (Fsp3) is 0.381. The van der Waals surface area contributed by atoms with Crippen molar-refractivity contribution in [3.05, 3.63) is 64.4 Å². The monoisotopic (exact) mass is 529 g/mol. The van der Waals surface area contributed by atoms with Crippen LogP contribution in [0.4, 0.5) is 0 Å². The zero-order chi connectivity index (χ0) is 20.4. The van der Waals surface area contributed by atoms with E-state index in [1.165, 1.54) is 0 Å². The third-order valence-corrected chi connectivity index (χ3v) is 4.31. The minimum atomic E-state index is 0. The van der Waals surface area contributed by atoms with Gasteiger partial charge >= 0.3 is 0 Å². The first kappa shape index (κ1) is 25.2. The number of carbonyl (C=O) groups is 1. The lowest BCUT2D eigenvalue weighted by Gasteiger charge is -2.12. The molecule has 2 N–H and O–H groups in total. The molecule has 0 aliphatic carbocycles. The maximum atomic E-state index is 12.1. The van der Waals surface area contributed by atoms with E-state index in [9.17, 15) is 4.79 Å². The topological polar surface area (TPSA) is 69.6 Å². The van der Waals surface area contributed by atoms with Gasteiger partial charge in [0.1, 0.15) is 5.15 Å². The molecule has 2 aromatic rings. The van der Waals surface area contributed by atoms with Crippen molar-refractivity contribution in [3.8, 4) is 0 Å². The summed E-state index contributed by atoms with van der Waals surface area (Å²) in [6.07, 6.45) is 3.39. The molecule has 1 aromatic heterocycles. The SMILES string of the molecule is CCNC(=NCCc1cccc(C(=O)N(C)C)c1)NCCc1ccc(Cl)nc1.I. The Hall–Kier alpha value is -1.87. The number of hydrogen-bond acceptors (Lipinski definition) is 3. The Morgan fingerprint density at radius 2 is 1.93 bits per heavy atom. The van der Waals surface area contributed by atoms with Crippen molar-refractivity contribution in [2.24, 2.45) is 4.99 Å². The van der Waals surface area contributed by atoms with E-state index in [1.54, 1.807) is 31.3 Å². The highest BCUT2D eigenvalue weighted by Gasteiger charge is 2.08. The molecule has 0 atom stereocenters. The predicted octanol–water partition coefficient (Wildman–Crippen LogP) is 3.40. The number of benzene rings is 1. The predicted molar refractivity (Wildman–Crippen MR) is 131 cm³/mol. The molecule has 1 aromatic carbocycles. The van der Waals surface area contributed by atoms with Crippen molar-refractivity contribution in [1.29, 1.82) is 0 Å². The summed E-state index contributed by atoms with van der Waals surface area (Å²) < 4.78 is 0. The third-order valence-electron chi connectivity index (χ3n) is 4.09.